The third-order valence-electron chi connectivity index (χ3n) is 3.19. The van der Waals surface area contributed by atoms with Crippen LogP contribution in [0.5, 0.6) is 0 Å². The molecule has 108 valence electrons. The molecule has 1 aliphatic heterocycles. The van der Waals surface area contributed by atoms with E-state index in [2.05, 4.69) is 4.98 Å². The van der Waals surface area contributed by atoms with Crippen LogP contribution in [0.25, 0.3) is 0 Å². The van der Waals surface area contributed by atoms with E-state index < -0.39 is 0 Å². The van der Waals surface area contributed by atoms with Gasteiger partial charge in [0, 0.05) is 39.4 Å². The molecule has 0 atom stereocenters. The number of aromatic amines is 1. The molecule has 0 bridgehead atoms. The molecular weight excluding hydrogens is 262 g/mol. The van der Waals surface area contributed by atoms with Crippen LogP contribution in [0.2, 0.25) is 0 Å². The molecule has 2 heterocycles. The molecule has 0 saturated carbocycles. The summed E-state index contributed by atoms with van der Waals surface area (Å²) >= 11 is 0. The quantitative estimate of drug-likeness (QED) is 0.793. The minimum Gasteiger partial charge on any atom is -0.375 e. The Labute approximate surface area is 116 Å². The highest BCUT2D eigenvalue weighted by Crippen LogP contribution is 2.06. The lowest BCUT2D eigenvalue weighted by molar-refractivity contribution is -0.136. The Bertz CT molecular complexity index is 547. The molecule has 0 unspecified atom stereocenters. The van der Waals surface area contributed by atoms with E-state index >= 15 is 0 Å². The maximum atomic E-state index is 12.2. The number of pyridine rings is 1. The number of rotatable bonds is 3. The van der Waals surface area contributed by atoms with Gasteiger partial charge in [0.1, 0.15) is 12.3 Å². The van der Waals surface area contributed by atoms with Crippen molar-refractivity contribution in [1.29, 1.82) is 0 Å². The number of nitrogens with one attached hydrogen (secondary N) is 1. The number of aromatic nitrogens is 1. The maximum absolute atomic E-state index is 12.2. The number of carbonyl (C=O) groups is 2. The first-order valence-electron chi connectivity index (χ1n) is 6.37. The monoisotopic (exact) mass is 279 g/mol. The highest BCUT2D eigenvalue weighted by atomic mass is 16.5. The van der Waals surface area contributed by atoms with Crippen molar-refractivity contribution in [2.24, 2.45) is 0 Å². The Morgan fingerprint density at radius 2 is 1.85 bits per heavy atom. The predicted octanol–water partition coefficient (Wildman–Crippen LogP) is -0.694. The van der Waals surface area contributed by atoms with Crippen LogP contribution >= 0.6 is 0 Å². The number of ether oxygens (including phenoxy) is 1. The standard InChI is InChI=1S/C13H17N3O4/c1-20-9-12(18)15-5-7-16(8-6-15)13(19)10-3-2-4-11(17)14-10/h2-4H,5-9H2,1H3,(H,14,17). The van der Waals surface area contributed by atoms with Crippen molar-refractivity contribution in [2.75, 3.05) is 39.9 Å². The first-order valence-corrected chi connectivity index (χ1v) is 6.37. The van der Waals surface area contributed by atoms with Crippen molar-refractivity contribution in [3.05, 3.63) is 34.2 Å². The first-order chi connectivity index (χ1) is 9.61. The molecule has 7 nitrogen and oxygen atoms in total. The number of methoxy groups -OCH3 is 1. The van der Waals surface area contributed by atoms with E-state index in [9.17, 15) is 14.4 Å². The highest BCUT2D eigenvalue weighted by molar-refractivity contribution is 5.92. The van der Waals surface area contributed by atoms with Gasteiger partial charge in [-0.2, -0.15) is 0 Å². The normalized spacial score (nSPS) is 15.2. The third kappa shape index (κ3) is 3.24. The maximum Gasteiger partial charge on any atom is 0.270 e. The SMILES string of the molecule is COCC(=O)N1CCN(C(=O)c2cccc(=O)[nH]2)CC1. The third-order valence-corrected chi connectivity index (χ3v) is 3.19. The number of hydrogen-bond acceptors (Lipinski definition) is 4. The average molecular weight is 279 g/mol. The Balaban J connectivity index is 1.95. The number of hydrogen-bond donors (Lipinski definition) is 1. The lowest BCUT2D eigenvalue weighted by atomic mass is 10.2. The Hall–Kier alpha value is -2.15. The molecule has 0 spiro atoms. The molecule has 0 aromatic carbocycles. The van der Waals surface area contributed by atoms with Crippen LogP contribution in [0.15, 0.2) is 23.0 Å². The van der Waals surface area contributed by atoms with Crippen LogP contribution in [0.1, 0.15) is 10.5 Å². The second-order valence-electron chi connectivity index (χ2n) is 4.53. The number of amides is 2. The van der Waals surface area contributed by atoms with Gasteiger partial charge in [0.25, 0.3) is 5.91 Å². The zero-order valence-electron chi connectivity index (χ0n) is 11.3. The summed E-state index contributed by atoms with van der Waals surface area (Å²) in [6.45, 7) is 1.91. The molecule has 0 aliphatic carbocycles. The van der Waals surface area contributed by atoms with Crippen molar-refractivity contribution in [3.8, 4) is 0 Å². The van der Waals surface area contributed by atoms with Crippen molar-refractivity contribution in [1.82, 2.24) is 14.8 Å². The largest absolute Gasteiger partial charge is 0.375 e. The molecule has 0 radical (unpaired) electrons. The highest BCUT2D eigenvalue weighted by Gasteiger charge is 2.24. The number of nitrogens with zero attached hydrogens (tertiary/aromatic N) is 2. The van der Waals surface area contributed by atoms with Crippen LogP contribution < -0.4 is 5.56 Å². The summed E-state index contributed by atoms with van der Waals surface area (Å²) < 4.78 is 4.80. The van der Waals surface area contributed by atoms with E-state index in [1.165, 1.54) is 13.2 Å². The van der Waals surface area contributed by atoms with Gasteiger partial charge >= 0.3 is 0 Å². The van der Waals surface area contributed by atoms with E-state index in [1.807, 2.05) is 0 Å². The fourth-order valence-electron chi connectivity index (χ4n) is 2.12. The zero-order valence-corrected chi connectivity index (χ0v) is 11.3. The van der Waals surface area contributed by atoms with Gasteiger partial charge in [-0.25, -0.2) is 0 Å². The van der Waals surface area contributed by atoms with E-state index in [-0.39, 0.29) is 29.7 Å². The van der Waals surface area contributed by atoms with Gasteiger partial charge in [-0.3, -0.25) is 14.4 Å². The topological polar surface area (TPSA) is 82.7 Å². The van der Waals surface area contributed by atoms with Gasteiger partial charge in [-0.15, -0.1) is 0 Å². The van der Waals surface area contributed by atoms with Gasteiger partial charge in [-0.05, 0) is 6.07 Å². The summed E-state index contributed by atoms with van der Waals surface area (Å²) in [5, 5.41) is 0. The van der Waals surface area contributed by atoms with E-state index in [4.69, 9.17) is 4.74 Å². The molecule has 1 aliphatic rings. The van der Waals surface area contributed by atoms with Gasteiger partial charge in [-0.1, -0.05) is 6.07 Å². The van der Waals surface area contributed by atoms with E-state index in [0.29, 0.717) is 26.2 Å². The molecular formula is C13H17N3O4. The Morgan fingerprint density at radius 1 is 1.20 bits per heavy atom. The number of carbonyl (C=O) groups excluding carboxylic acids is 2. The Kier molecular flexibility index (Phi) is 4.52. The van der Waals surface area contributed by atoms with Gasteiger partial charge < -0.3 is 19.5 Å². The minimum atomic E-state index is -0.301. The lowest BCUT2D eigenvalue weighted by Gasteiger charge is -2.34. The van der Waals surface area contributed by atoms with Gasteiger partial charge in [0.05, 0.1) is 0 Å². The molecule has 1 saturated heterocycles. The summed E-state index contributed by atoms with van der Waals surface area (Å²) in [5.74, 6) is -0.297. The molecule has 20 heavy (non-hydrogen) atoms. The smallest absolute Gasteiger partial charge is 0.270 e. The van der Waals surface area contributed by atoms with Crippen molar-refractivity contribution < 1.29 is 14.3 Å². The van der Waals surface area contributed by atoms with Crippen LogP contribution in [-0.4, -0.2) is 66.5 Å². The summed E-state index contributed by atoms with van der Waals surface area (Å²) in [6, 6.07) is 4.48. The van der Waals surface area contributed by atoms with Crippen LogP contribution in [-0.2, 0) is 9.53 Å². The molecule has 1 aromatic heterocycles. The van der Waals surface area contributed by atoms with E-state index in [0.717, 1.165) is 0 Å². The summed E-state index contributed by atoms with van der Waals surface area (Å²) in [4.78, 5) is 40.8. The summed E-state index contributed by atoms with van der Waals surface area (Å²) in [5.41, 5.74) is -0.0288. The molecule has 1 N–H and O–H groups in total. The first kappa shape index (κ1) is 14.3. The second-order valence-corrected chi connectivity index (χ2v) is 4.53. The van der Waals surface area contributed by atoms with Crippen LogP contribution in [0.4, 0.5) is 0 Å². The fourth-order valence-corrected chi connectivity index (χ4v) is 2.12. The van der Waals surface area contributed by atoms with Crippen molar-refractivity contribution >= 4 is 11.8 Å². The fraction of sp³-hybridized carbons (Fsp3) is 0.462. The number of piperazine rings is 1. The number of H-pyrrole nitrogens is 1. The van der Waals surface area contributed by atoms with Gasteiger partial charge in [0.2, 0.25) is 11.5 Å². The molecule has 2 amide bonds. The summed E-state index contributed by atoms with van der Waals surface area (Å²) in [6.07, 6.45) is 0. The second kappa shape index (κ2) is 6.33. The molecule has 7 heteroatoms. The predicted molar refractivity (Wildman–Crippen MR) is 71.4 cm³/mol. The summed E-state index contributed by atoms with van der Waals surface area (Å²) in [7, 11) is 1.48. The minimum absolute atomic E-state index is 0.0555. The van der Waals surface area contributed by atoms with Crippen molar-refractivity contribution in [3.63, 3.8) is 0 Å². The Morgan fingerprint density at radius 3 is 2.45 bits per heavy atom. The van der Waals surface area contributed by atoms with Crippen LogP contribution in [0, 0.1) is 0 Å². The average Bonchev–Trinajstić information content (AvgIpc) is 2.47. The zero-order chi connectivity index (χ0) is 14.5. The van der Waals surface area contributed by atoms with Crippen molar-refractivity contribution in [2.45, 2.75) is 0 Å². The lowest BCUT2D eigenvalue weighted by Crippen LogP contribution is -2.51. The van der Waals surface area contributed by atoms with E-state index in [1.54, 1.807) is 21.9 Å². The van der Waals surface area contributed by atoms with Gasteiger partial charge in [0.15, 0.2) is 0 Å². The molecule has 2 rings (SSSR count). The van der Waals surface area contributed by atoms with Crippen LogP contribution in [0.3, 0.4) is 0 Å². The molecule has 1 fully saturated rings. The molecule has 1 aromatic rings.